The van der Waals surface area contributed by atoms with E-state index in [1.807, 2.05) is 24.3 Å². The monoisotopic (exact) mass is 272 g/mol. The first kappa shape index (κ1) is 12.7. The van der Waals surface area contributed by atoms with E-state index < -0.39 is 0 Å². The van der Waals surface area contributed by atoms with Crippen molar-refractivity contribution in [2.45, 2.75) is 20.0 Å². The molecule has 84 valence electrons. The van der Waals surface area contributed by atoms with E-state index in [2.05, 4.69) is 22.9 Å². The van der Waals surface area contributed by atoms with E-state index in [1.54, 1.807) is 0 Å². The molecule has 0 amide bonds. The number of benzene rings is 1. The first-order valence-electron chi connectivity index (χ1n) is 5.19. The highest BCUT2D eigenvalue weighted by Crippen LogP contribution is 2.11. The first-order chi connectivity index (χ1) is 7.26. The molecule has 0 saturated carbocycles. The summed E-state index contributed by atoms with van der Waals surface area (Å²) in [6, 6.07) is 8.07. The van der Waals surface area contributed by atoms with Crippen LogP contribution in [0.4, 0.5) is 0 Å². The topological polar surface area (TPSA) is 29.5 Å². The number of halogens is 1. The van der Waals surface area contributed by atoms with E-state index in [0.29, 0.717) is 13.2 Å². The van der Waals surface area contributed by atoms with Gasteiger partial charge < -0.3 is 9.84 Å². The Hall–Kier alpha value is -0.380. The predicted molar refractivity (Wildman–Crippen MR) is 64.7 cm³/mol. The lowest BCUT2D eigenvalue weighted by atomic mass is 10.1. The minimum Gasteiger partial charge on any atom is -0.396 e. The van der Waals surface area contributed by atoms with E-state index in [-0.39, 0.29) is 12.5 Å². The summed E-state index contributed by atoms with van der Waals surface area (Å²) in [7, 11) is 0. The fraction of sp³-hybridized carbons (Fsp3) is 0.500. The zero-order valence-electron chi connectivity index (χ0n) is 8.95. The second-order valence-electron chi connectivity index (χ2n) is 3.60. The third kappa shape index (κ3) is 4.78. The summed E-state index contributed by atoms with van der Waals surface area (Å²) in [5, 5.41) is 8.97. The molecule has 0 aliphatic carbocycles. The largest absolute Gasteiger partial charge is 0.396 e. The van der Waals surface area contributed by atoms with Crippen molar-refractivity contribution in [1.29, 1.82) is 0 Å². The van der Waals surface area contributed by atoms with Crippen LogP contribution in [0.1, 0.15) is 18.9 Å². The molecule has 0 heterocycles. The minimum absolute atomic E-state index is 0.205. The van der Waals surface area contributed by atoms with Gasteiger partial charge in [-0.1, -0.05) is 35.0 Å². The summed E-state index contributed by atoms with van der Waals surface area (Å²) >= 11 is 3.39. The summed E-state index contributed by atoms with van der Waals surface area (Å²) in [5.74, 6) is 0.264. The van der Waals surface area contributed by atoms with Crippen LogP contribution < -0.4 is 0 Å². The molecule has 0 aromatic heterocycles. The van der Waals surface area contributed by atoms with Crippen molar-refractivity contribution >= 4 is 15.9 Å². The van der Waals surface area contributed by atoms with Crippen LogP contribution in [-0.4, -0.2) is 18.3 Å². The third-order valence-electron chi connectivity index (χ3n) is 2.37. The smallest absolute Gasteiger partial charge is 0.0717 e. The van der Waals surface area contributed by atoms with Crippen LogP contribution in [0.15, 0.2) is 28.7 Å². The summed E-state index contributed by atoms with van der Waals surface area (Å²) in [4.78, 5) is 0. The number of ether oxygens (including phenoxy) is 1. The Balaban J connectivity index is 2.28. The van der Waals surface area contributed by atoms with Crippen LogP contribution in [0.25, 0.3) is 0 Å². The Labute approximate surface area is 99.4 Å². The highest BCUT2D eigenvalue weighted by Gasteiger charge is 2.04. The second-order valence-corrected chi connectivity index (χ2v) is 4.51. The van der Waals surface area contributed by atoms with Gasteiger partial charge in [-0.05, 0) is 24.1 Å². The number of hydrogen-bond acceptors (Lipinski definition) is 2. The van der Waals surface area contributed by atoms with Crippen LogP contribution in [0.3, 0.4) is 0 Å². The quantitative estimate of drug-likeness (QED) is 0.863. The molecule has 0 radical (unpaired) electrons. The van der Waals surface area contributed by atoms with E-state index >= 15 is 0 Å². The van der Waals surface area contributed by atoms with Crippen molar-refractivity contribution in [3.05, 3.63) is 34.3 Å². The first-order valence-corrected chi connectivity index (χ1v) is 5.98. The van der Waals surface area contributed by atoms with Gasteiger partial charge in [-0.25, -0.2) is 0 Å². The van der Waals surface area contributed by atoms with E-state index in [9.17, 15) is 0 Å². The van der Waals surface area contributed by atoms with E-state index in [1.165, 1.54) is 0 Å². The zero-order valence-corrected chi connectivity index (χ0v) is 10.5. The van der Waals surface area contributed by atoms with Crippen molar-refractivity contribution < 1.29 is 9.84 Å². The van der Waals surface area contributed by atoms with Crippen LogP contribution >= 0.6 is 15.9 Å². The number of aliphatic hydroxyl groups is 1. The molecule has 0 saturated heterocycles. The Kier molecular flexibility index (Phi) is 5.91. The molecule has 0 fully saturated rings. The number of hydrogen-bond donors (Lipinski definition) is 1. The van der Waals surface area contributed by atoms with Gasteiger partial charge in [-0.15, -0.1) is 0 Å². The second kappa shape index (κ2) is 6.99. The van der Waals surface area contributed by atoms with Crippen molar-refractivity contribution in [3.8, 4) is 0 Å². The maximum atomic E-state index is 8.97. The summed E-state index contributed by atoms with van der Waals surface area (Å²) in [6.07, 6.45) is 0.955. The van der Waals surface area contributed by atoms with Crippen molar-refractivity contribution in [2.75, 3.05) is 13.2 Å². The van der Waals surface area contributed by atoms with Gasteiger partial charge in [0, 0.05) is 17.0 Å². The Morgan fingerprint density at radius 2 is 2.00 bits per heavy atom. The van der Waals surface area contributed by atoms with Crippen LogP contribution in [0.5, 0.6) is 0 Å². The molecule has 15 heavy (non-hydrogen) atoms. The third-order valence-corrected chi connectivity index (χ3v) is 2.90. The summed E-state index contributed by atoms with van der Waals surface area (Å²) in [6.45, 7) is 3.51. The van der Waals surface area contributed by atoms with Gasteiger partial charge in [-0.2, -0.15) is 0 Å². The highest BCUT2D eigenvalue weighted by atomic mass is 79.9. The van der Waals surface area contributed by atoms with Crippen LogP contribution in [0.2, 0.25) is 0 Å². The van der Waals surface area contributed by atoms with Gasteiger partial charge >= 0.3 is 0 Å². The molecule has 0 spiro atoms. The lowest BCUT2D eigenvalue weighted by molar-refractivity contribution is 0.0615. The molecule has 0 aliphatic rings. The van der Waals surface area contributed by atoms with Gasteiger partial charge in [0.05, 0.1) is 13.2 Å². The molecule has 0 aliphatic heterocycles. The SMILES string of the molecule is CCC(CO)COCc1ccc(Br)cc1. The fourth-order valence-corrected chi connectivity index (χ4v) is 1.49. The molecule has 3 heteroatoms. The van der Waals surface area contributed by atoms with Gasteiger partial charge in [0.15, 0.2) is 0 Å². The van der Waals surface area contributed by atoms with E-state index in [0.717, 1.165) is 16.5 Å². The average Bonchev–Trinajstić information content (AvgIpc) is 2.27. The van der Waals surface area contributed by atoms with E-state index in [4.69, 9.17) is 9.84 Å². The number of rotatable bonds is 6. The van der Waals surface area contributed by atoms with Crippen molar-refractivity contribution in [3.63, 3.8) is 0 Å². The molecular weight excluding hydrogens is 256 g/mol. The standard InChI is InChI=1S/C12H17BrO2/c1-2-10(7-14)8-15-9-11-3-5-12(13)6-4-11/h3-6,10,14H,2,7-9H2,1H3. The molecule has 1 aromatic carbocycles. The fourth-order valence-electron chi connectivity index (χ4n) is 1.22. The normalized spacial score (nSPS) is 12.7. The van der Waals surface area contributed by atoms with Gasteiger partial charge in [0.1, 0.15) is 0 Å². The summed E-state index contributed by atoms with van der Waals surface area (Å²) in [5.41, 5.74) is 1.16. The Morgan fingerprint density at radius 3 is 2.53 bits per heavy atom. The molecule has 1 aromatic rings. The number of aliphatic hydroxyl groups excluding tert-OH is 1. The summed E-state index contributed by atoms with van der Waals surface area (Å²) < 4.78 is 6.61. The Morgan fingerprint density at radius 1 is 1.33 bits per heavy atom. The van der Waals surface area contributed by atoms with Gasteiger partial charge in [0.2, 0.25) is 0 Å². The van der Waals surface area contributed by atoms with Gasteiger partial charge in [0.25, 0.3) is 0 Å². The molecule has 0 bridgehead atoms. The van der Waals surface area contributed by atoms with Crippen LogP contribution in [0, 0.1) is 5.92 Å². The minimum atomic E-state index is 0.205. The average molecular weight is 273 g/mol. The molecule has 1 atom stereocenters. The molecular formula is C12H17BrO2. The van der Waals surface area contributed by atoms with Crippen molar-refractivity contribution in [2.24, 2.45) is 5.92 Å². The maximum absolute atomic E-state index is 8.97. The molecule has 1 N–H and O–H groups in total. The van der Waals surface area contributed by atoms with Gasteiger partial charge in [-0.3, -0.25) is 0 Å². The highest BCUT2D eigenvalue weighted by molar-refractivity contribution is 9.10. The van der Waals surface area contributed by atoms with Crippen LogP contribution in [-0.2, 0) is 11.3 Å². The molecule has 1 rings (SSSR count). The lowest BCUT2D eigenvalue weighted by Crippen LogP contribution is -2.12. The lowest BCUT2D eigenvalue weighted by Gasteiger charge is -2.11. The molecule has 2 nitrogen and oxygen atoms in total. The maximum Gasteiger partial charge on any atom is 0.0717 e. The molecule has 1 unspecified atom stereocenters. The zero-order chi connectivity index (χ0) is 11.1. The predicted octanol–water partition coefficient (Wildman–Crippen LogP) is 2.98. The Bertz CT molecular complexity index is 267. The van der Waals surface area contributed by atoms with Crippen molar-refractivity contribution in [1.82, 2.24) is 0 Å².